The molecule has 2 aromatic rings. The topological polar surface area (TPSA) is 66.8 Å². The molecule has 134 valence electrons. The van der Waals surface area contributed by atoms with Crippen LogP contribution in [0.4, 0.5) is 0 Å². The maximum atomic E-state index is 12.9. The highest BCUT2D eigenvalue weighted by Crippen LogP contribution is 2.27. The van der Waals surface area contributed by atoms with Crippen molar-refractivity contribution in [1.29, 1.82) is 0 Å². The van der Waals surface area contributed by atoms with Gasteiger partial charge in [-0.2, -0.15) is 4.31 Å². The summed E-state index contributed by atoms with van der Waals surface area (Å²) >= 11 is 0. The maximum absolute atomic E-state index is 12.9. The monoisotopic (exact) mass is 361 g/mol. The van der Waals surface area contributed by atoms with E-state index in [4.69, 9.17) is 4.74 Å². The summed E-state index contributed by atoms with van der Waals surface area (Å²) in [5.41, 5.74) is 2.02. The summed E-state index contributed by atoms with van der Waals surface area (Å²) in [5, 5.41) is 10.2. The lowest BCUT2D eigenvalue weighted by molar-refractivity contribution is 0.0428. The second kappa shape index (κ2) is 7.66. The molecule has 0 aromatic heterocycles. The standard InChI is InChI=1S/C19H23NO4S/c1-15-7-9-17(10-8-15)25(22,23)20-12-11-19(21)18(20)14-24-13-16-5-3-2-4-6-16/h2-10,18-19,21H,11-14H2,1H3/t18-,19-/m1/s1. The van der Waals surface area contributed by atoms with Gasteiger partial charge in [0.2, 0.25) is 10.0 Å². The van der Waals surface area contributed by atoms with E-state index in [0.717, 1.165) is 11.1 Å². The van der Waals surface area contributed by atoms with Crippen LogP contribution in [-0.4, -0.2) is 43.1 Å². The Morgan fingerprint density at radius 2 is 1.80 bits per heavy atom. The van der Waals surface area contributed by atoms with Crippen LogP contribution in [0.1, 0.15) is 17.5 Å². The number of aliphatic hydroxyl groups excluding tert-OH is 1. The van der Waals surface area contributed by atoms with Gasteiger partial charge in [0.1, 0.15) is 0 Å². The van der Waals surface area contributed by atoms with Crippen molar-refractivity contribution in [1.82, 2.24) is 4.31 Å². The van der Waals surface area contributed by atoms with Gasteiger partial charge in [-0.1, -0.05) is 48.0 Å². The second-order valence-electron chi connectivity index (χ2n) is 6.35. The molecule has 2 atom stereocenters. The van der Waals surface area contributed by atoms with Crippen LogP contribution in [0.15, 0.2) is 59.5 Å². The van der Waals surface area contributed by atoms with E-state index in [1.807, 2.05) is 37.3 Å². The summed E-state index contributed by atoms with van der Waals surface area (Å²) in [4.78, 5) is 0.250. The second-order valence-corrected chi connectivity index (χ2v) is 8.24. The minimum Gasteiger partial charge on any atom is -0.391 e. The number of hydrogen-bond acceptors (Lipinski definition) is 4. The molecule has 5 nitrogen and oxygen atoms in total. The van der Waals surface area contributed by atoms with Crippen molar-refractivity contribution in [2.45, 2.75) is 37.0 Å². The Kier molecular flexibility index (Phi) is 5.54. The van der Waals surface area contributed by atoms with E-state index >= 15 is 0 Å². The minimum atomic E-state index is -3.64. The number of hydrogen-bond donors (Lipinski definition) is 1. The molecule has 0 aliphatic carbocycles. The first-order valence-corrected chi connectivity index (χ1v) is 9.81. The quantitative estimate of drug-likeness (QED) is 0.858. The molecule has 0 bridgehead atoms. The Balaban J connectivity index is 1.70. The number of rotatable bonds is 6. The van der Waals surface area contributed by atoms with Gasteiger partial charge in [0.15, 0.2) is 0 Å². The molecular weight excluding hydrogens is 338 g/mol. The predicted octanol–water partition coefficient (Wildman–Crippen LogP) is 2.34. The van der Waals surface area contributed by atoms with Crippen molar-refractivity contribution in [2.75, 3.05) is 13.2 Å². The Bertz CT molecular complexity index is 790. The Morgan fingerprint density at radius 1 is 1.12 bits per heavy atom. The van der Waals surface area contributed by atoms with Crippen molar-refractivity contribution in [2.24, 2.45) is 0 Å². The average Bonchev–Trinajstić information content (AvgIpc) is 2.98. The molecule has 0 amide bonds. The average molecular weight is 361 g/mol. The fraction of sp³-hybridized carbons (Fsp3) is 0.368. The molecule has 0 unspecified atom stereocenters. The first-order valence-electron chi connectivity index (χ1n) is 8.37. The van der Waals surface area contributed by atoms with Gasteiger partial charge in [-0.3, -0.25) is 0 Å². The molecule has 25 heavy (non-hydrogen) atoms. The third-order valence-electron chi connectivity index (χ3n) is 4.49. The summed E-state index contributed by atoms with van der Waals surface area (Å²) in [5.74, 6) is 0. The Hall–Kier alpha value is -1.73. The van der Waals surface area contributed by atoms with Crippen LogP contribution in [0.2, 0.25) is 0 Å². The summed E-state index contributed by atoms with van der Waals surface area (Å²) < 4.78 is 32.8. The molecular formula is C19H23NO4S. The van der Waals surface area contributed by atoms with E-state index in [1.165, 1.54) is 4.31 Å². The highest BCUT2D eigenvalue weighted by molar-refractivity contribution is 7.89. The molecule has 6 heteroatoms. The fourth-order valence-corrected chi connectivity index (χ4v) is 4.67. The van der Waals surface area contributed by atoms with Crippen LogP contribution in [0.5, 0.6) is 0 Å². The van der Waals surface area contributed by atoms with Crippen LogP contribution in [0, 0.1) is 6.92 Å². The van der Waals surface area contributed by atoms with E-state index in [2.05, 4.69) is 0 Å². The van der Waals surface area contributed by atoms with Crippen LogP contribution >= 0.6 is 0 Å². The van der Waals surface area contributed by atoms with Gasteiger partial charge < -0.3 is 9.84 Å². The van der Waals surface area contributed by atoms with E-state index in [0.29, 0.717) is 19.6 Å². The van der Waals surface area contributed by atoms with Gasteiger partial charge in [-0.15, -0.1) is 0 Å². The lowest BCUT2D eigenvalue weighted by Gasteiger charge is -2.25. The van der Waals surface area contributed by atoms with E-state index in [1.54, 1.807) is 24.3 Å². The summed E-state index contributed by atoms with van der Waals surface area (Å²) in [6.45, 7) is 2.77. The lowest BCUT2D eigenvalue weighted by Crippen LogP contribution is -2.42. The number of aryl methyl sites for hydroxylation is 1. The molecule has 0 saturated carbocycles. The SMILES string of the molecule is Cc1ccc(S(=O)(=O)N2CC[C@@H](O)[C@H]2COCc2ccccc2)cc1. The molecule has 1 aliphatic rings. The highest BCUT2D eigenvalue weighted by Gasteiger charge is 2.40. The molecule has 0 spiro atoms. The zero-order valence-corrected chi connectivity index (χ0v) is 15.0. The molecule has 1 saturated heterocycles. The maximum Gasteiger partial charge on any atom is 0.243 e. The van der Waals surface area contributed by atoms with Gasteiger partial charge in [0, 0.05) is 6.54 Å². The van der Waals surface area contributed by atoms with Gasteiger partial charge in [-0.05, 0) is 31.0 Å². The molecule has 0 radical (unpaired) electrons. The van der Waals surface area contributed by atoms with Gasteiger partial charge in [0.25, 0.3) is 0 Å². The summed E-state index contributed by atoms with van der Waals surface area (Å²) in [6.07, 6.45) is -0.291. The van der Waals surface area contributed by atoms with Crippen LogP contribution in [0.25, 0.3) is 0 Å². The van der Waals surface area contributed by atoms with Crippen LogP contribution in [-0.2, 0) is 21.4 Å². The smallest absolute Gasteiger partial charge is 0.243 e. The van der Waals surface area contributed by atoms with E-state index in [-0.39, 0.29) is 11.5 Å². The van der Waals surface area contributed by atoms with Crippen LogP contribution in [0.3, 0.4) is 0 Å². The largest absolute Gasteiger partial charge is 0.391 e. The molecule has 1 aliphatic heterocycles. The lowest BCUT2D eigenvalue weighted by atomic mass is 10.2. The van der Waals surface area contributed by atoms with Crippen LogP contribution < -0.4 is 0 Å². The van der Waals surface area contributed by atoms with Gasteiger partial charge in [-0.25, -0.2) is 8.42 Å². The van der Waals surface area contributed by atoms with Crippen molar-refractivity contribution in [3.05, 3.63) is 65.7 Å². The highest BCUT2D eigenvalue weighted by atomic mass is 32.2. The minimum absolute atomic E-state index is 0.168. The normalized spacial score (nSPS) is 21.5. The molecule has 3 rings (SSSR count). The molecule has 1 heterocycles. The Morgan fingerprint density at radius 3 is 2.48 bits per heavy atom. The van der Waals surface area contributed by atoms with Crippen molar-refractivity contribution >= 4 is 10.0 Å². The summed E-state index contributed by atoms with van der Waals surface area (Å²) in [6, 6.07) is 15.9. The number of sulfonamides is 1. The summed E-state index contributed by atoms with van der Waals surface area (Å²) in [7, 11) is -3.64. The number of aliphatic hydroxyl groups is 1. The van der Waals surface area contributed by atoms with Gasteiger partial charge >= 0.3 is 0 Å². The van der Waals surface area contributed by atoms with E-state index < -0.39 is 22.2 Å². The first-order chi connectivity index (χ1) is 12.0. The first kappa shape index (κ1) is 18.1. The fourth-order valence-electron chi connectivity index (χ4n) is 3.02. The van der Waals surface area contributed by atoms with E-state index in [9.17, 15) is 13.5 Å². The number of benzene rings is 2. The number of nitrogens with zero attached hydrogens (tertiary/aromatic N) is 1. The predicted molar refractivity (Wildman–Crippen MR) is 95.6 cm³/mol. The van der Waals surface area contributed by atoms with Crippen molar-refractivity contribution in [3.8, 4) is 0 Å². The van der Waals surface area contributed by atoms with Crippen molar-refractivity contribution < 1.29 is 18.3 Å². The molecule has 2 aromatic carbocycles. The zero-order valence-electron chi connectivity index (χ0n) is 14.2. The number of ether oxygens (including phenoxy) is 1. The van der Waals surface area contributed by atoms with Gasteiger partial charge in [0.05, 0.1) is 30.3 Å². The van der Waals surface area contributed by atoms with Crippen molar-refractivity contribution in [3.63, 3.8) is 0 Å². The molecule has 1 N–H and O–H groups in total. The third-order valence-corrected chi connectivity index (χ3v) is 6.43. The third kappa shape index (κ3) is 4.10. The Labute approximate surface area is 148 Å². The molecule has 1 fully saturated rings. The zero-order chi connectivity index (χ0) is 17.9.